The Labute approximate surface area is 164 Å². The molecule has 0 aliphatic heterocycles. The molecule has 1 aliphatic carbocycles. The van der Waals surface area contributed by atoms with Crippen molar-refractivity contribution in [2.24, 2.45) is 7.05 Å². The van der Waals surface area contributed by atoms with Crippen LogP contribution < -0.4 is 5.32 Å². The van der Waals surface area contributed by atoms with Gasteiger partial charge in [0.2, 0.25) is 0 Å². The van der Waals surface area contributed by atoms with Gasteiger partial charge in [-0.2, -0.15) is 5.10 Å². The molecule has 2 heterocycles. The highest BCUT2D eigenvalue weighted by Gasteiger charge is 2.26. The number of anilines is 1. The van der Waals surface area contributed by atoms with Crippen LogP contribution in [0.4, 0.5) is 10.5 Å². The van der Waals surface area contributed by atoms with Crippen LogP contribution >= 0.6 is 0 Å². The summed E-state index contributed by atoms with van der Waals surface area (Å²) in [5.74, 6) is 0.671. The third-order valence-electron chi connectivity index (χ3n) is 5.20. The first-order valence-corrected chi connectivity index (χ1v) is 9.74. The van der Waals surface area contributed by atoms with Gasteiger partial charge in [0.15, 0.2) is 5.82 Å². The summed E-state index contributed by atoms with van der Waals surface area (Å²) in [7, 11) is 1.84. The van der Waals surface area contributed by atoms with E-state index in [9.17, 15) is 4.79 Å². The number of urea groups is 1. The highest BCUT2D eigenvalue weighted by atomic mass is 16.3. The second-order valence-corrected chi connectivity index (χ2v) is 7.30. The summed E-state index contributed by atoms with van der Waals surface area (Å²) in [6.07, 6.45) is 10.7. The molecule has 0 saturated heterocycles. The molecule has 0 bridgehead atoms. The van der Waals surface area contributed by atoms with Crippen molar-refractivity contribution < 1.29 is 9.21 Å². The van der Waals surface area contributed by atoms with Crippen LogP contribution in [0, 0.1) is 0 Å². The first kappa shape index (κ1) is 18.3. The van der Waals surface area contributed by atoms with E-state index in [1.54, 1.807) is 23.5 Å². The summed E-state index contributed by atoms with van der Waals surface area (Å²) < 4.78 is 6.86. The molecule has 0 unspecified atom stereocenters. The molecule has 7 heteroatoms. The Kier molecular flexibility index (Phi) is 5.41. The van der Waals surface area contributed by atoms with Crippen LogP contribution in [-0.2, 0) is 13.6 Å². The first-order chi connectivity index (χ1) is 13.7. The summed E-state index contributed by atoms with van der Waals surface area (Å²) >= 11 is 0. The van der Waals surface area contributed by atoms with Crippen molar-refractivity contribution in [1.82, 2.24) is 19.7 Å². The number of aromatic nitrogens is 3. The quantitative estimate of drug-likeness (QED) is 0.711. The van der Waals surface area contributed by atoms with Gasteiger partial charge in [-0.25, -0.2) is 9.78 Å². The number of nitrogens with zero attached hydrogens (tertiary/aromatic N) is 4. The monoisotopic (exact) mass is 379 g/mol. The fourth-order valence-corrected chi connectivity index (χ4v) is 3.71. The zero-order chi connectivity index (χ0) is 19.3. The summed E-state index contributed by atoms with van der Waals surface area (Å²) in [6.45, 7) is 0.558. The molecule has 0 spiro atoms. The molecule has 2 aromatic heterocycles. The van der Waals surface area contributed by atoms with E-state index in [0.717, 1.165) is 29.7 Å². The van der Waals surface area contributed by atoms with Gasteiger partial charge in [0.05, 0.1) is 19.1 Å². The number of hydrogen-bond donors (Lipinski definition) is 1. The lowest BCUT2D eigenvalue weighted by molar-refractivity contribution is 0.162. The molecule has 28 heavy (non-hydrogen) atoms. The van der Waals surface area contributed by atoms with Crippen molar-refractivity contribution >= 4 is 11.7 Å². The lowest BCUT2D eigenvalue weighted by Gasteiger charge is -2.34. The largest absolute Gasteiger partial charge is 0.472 e. The Balaban J connectivity index is 1.47. The van der Waals surface area contributed by atoms with Gasteiger partial charge in [-0.1, -0.05) is 19.3 Å². The molecule has 3 aromatic rings. The maximum absolute atomic E-state index is 13.1. The average molecular weight is 379 g/mol. The molecule has 146 valence electrons. The van der Waals surface area contributed by atoms with Crippen LogP contribution in [0.1, 0.15) is 37.7 Å². The standard InChI is InChI=1S/C21H25N5O2/c1-25-15-22-20(24-25)17-7-9-18(10-8-17)23-21(27)26(13-16-11-12-28-14-16)19-5-3-2-4-6-19/h7-12,14-15,19H,2-6,13H2,1H3,(H,23,27). The van der Waals surface area contributed by atoms with Gasteiger partial charge in [-0.15, -0.1) is 0 Å². The number of nitrogens with one attached hydrogen (secondary N) is 1. The minimum atomic E-state index is -0.0724. The van der Waals surface area contributed by atoms with Crippen molar-refractivity contribution in [2.75, 3.05) is 5.32 Å². The Bertz CT molecular complexity index is 895. The molecular formula is C21H25N5O2. The van der Waals surface area contributed by atoms with E-state index < -0.39 is 0 Å². The number of aryl methyl sites for hydroxylation is 1. The lowest BCUT2D eigenvalue weighted by Crippen LogP contribution is -2.43. The van der Waals surface area contributed by atoms with Crippen molar-refractivity contribution in [2.45, 2.75) is 44.7 Å². The number of amides is 2. The topological polar surface area (TPSA) is 76.2 Å². The summed E-state index contributed by atoms with van der Waals surface area (Å²) in [6, 6.07) is 9.73. The van der Waals surface area contributed by atoms with Gasteiger partial charge in [0.1, 0.15) is 6.33 Å². The van der Waals surface area contributed by atoms with Crippen LogP contribution in [0.25, 0.3) is 11.4 Å². The first-order valence-electron chi connectivity index (χ1n) is 9.74. The van der Waals surface area contributed by atoms with Crippen LogP contribution in [0.15, 0.2) is 53.6 Å². The van der Waals surface area contributed by atoms with Crippen molar-refractivity contribution in [3.63, 3.8) is 0 Å². The number of hydrogen-bond acceptors (Lipinski definition) is 4. The van der Waals surface area contributed by atoms with Gasteiger partial charge in [-0.3, -0.25) is 4.68 Å². The number of carbonyl (C=O) groups is 1. The highest BCUT2D eigenvalue weighted by Crippen LogP contribution is 2.25. The molecule has 1 aromatic carbocycles. The molecular weight excluding hydrogens is 354 g/mol. The second-order valence-electron chi connectivity index (χ2n) is 7.30. The average Bonchev–Trinajstić information content (AvgIpc) is 3.39. The zero-order valence-electron chi connectivity index (χ0n) is 16.0. The Hall–Kier alpha value is -3.09. The van der Waals surface area contributed by atoms with Crippen molar-refractivity contribution in [3.8, 4) is 11.4 Å². The predicted molar refractivity (Wildman–Crippen MR) is 107 cm³/mol. The summed E-state index contributed by atoms with van der Waals surface area (Å²) in [5, 5.41) is 7.35. The van der Waals surface area contributed by atoms with E-state index in [-0.39, 0.29) is 12.1 Å². The zero-order valence-corrected chi connectivity index (χ0v) is 16.0. The van der Waals surface area contributed by atoms with Crippen LogP contribution in [0.3, 0.4) is 0 Å². The van der Waals surface area contributed by atoms with E-state index in [2.05, 4.69) is 15.4 Å². The molecule has 4 rings (SSSR count). The number of furan rings is 1. The second kappa shape index (κ2) is 8.29. The Morgan fingerprint density at radius 1 is 1.21 bits per heavy atom. The Morgan fingerprint density at radius 3 is 2.64 bits per heavy atom. The summed E-state index contributed by atoms with van der Waals surface area (Å²) in [4.78, 5) is 19.3. The molecule has 1 fully saturated rings. The third-order valence-corrected chi connectivity index (χ3v) is 5.20. The van der Waals surface area contributed by atoms with Crippen molar-refractivity contribution in [1.29, 1.82) is 0 Å². The third kappa shape index (κ3) is 4.24. The molecule has 1 saturated carbocycles. The fraction of sp³-hybridized carbons (Fsp3) is 0.381. The summed E-state index contributed by atoms with van der Waals surface area (Å²) in [5.41, 5.74) is 2.69. The normalized spacial score (nSPS) is 14.8. The Morgan fingerprint density at radius 2 is 2.00 bits per heavy atom. The minimum absolute atomic E-state index is 0.0724. The van der Waals surface area contributed by atoms with Gasteiger partial charge >= 0.3 is 6.03 Å². The minimum Gasteiger partial charge on any atom is -0.472 e. The van der Waals surface area contributed by atoms with Gasteiger partial charge in [-0.05, 0) is 43.2 Å². The maximum Gasteiger partial charge on any atom is 0.322 e. The number of carbonyl (C=O) groups excluding carboxylic acids is 1. The molecule has 0 atom stereocenters. The molecule has 0 radical (unpaired) electrons. The smallest absolute Gasteiger partial charge is 0.322 e. The SMILES string of the molecule is Cn1cnc(-c2ccc(NC(=O)N(Cc3ccoc3)C3CCCCC3)cc2)n1. The van der Waals surface area contributed by atoms with E-state index in [0.29, 0.717) is 12.4 Å². The number of rotatable bonds is 5. The van der Waals surface area contributed by atoms with Crippen LogP contribution in [0.2, 0.25) is 0 Å². The van der Waals surface area contributed by atoms with Gasteiger partial charge < -0.3 is 14.6 Å². The fourth-order valence-electron chi connectivity index (χ4n) is 3.71. The van der Waals surface area contributed by atoms with E-state index in [1.165, 1.54) is 19.3 Å². The molecule has 1 aliphatic rings. The maximum atomic E-state index is 13.1. The van der Waals surface area contributed by atoms with E-state index >= 15 is 0 Å². The lowest BCUT2D eigenvalue weighted by atomic mass is 9.94. The molecule has 1 N–H and O–H groups in total. The van der Waals surface area contributed by atoms with Gasteiger partial charge in [0.25, 0.3) is 0 Å². The van der Waals surface area contributed by atoms with Crippen LogP contribution in [0.5, 0.6) is 0 Å². The predicted octanol–water partition coefficient (Wildman–Crippen LogP) is 4.44. The number of benzene rings is 1. The van der Waals surface area contributed by atoms with E-state index in [4.69, 9.17) is 4.42 Å². The van der Waals surface area contributed by atoms with Crippen molar-refractivity contribution in [3.05, 3.63) is 54.7 Å². The highest BCUT2D eigenvalue weighted by molar-refractivity contribution is 5.89. The van der Waals surface area contributed by atoms with Crippen LogP contribution in [-0.4, -0.2) is 31.7 Å². The van der Waals surface area contributed by atoms with Gasteiger partial charge in [0, 0.05) is 29.9 Å². The van der Waals surface area contributed by atoms with E-state index in [1.807, 2.05) is 42.3 Å². The molecule has 7 nitrogen and oxygen atoms in total. The molecule has 2 amide bonds.